The fourth-order valence-electron chi connectivity index (χ4n) is 4.00. The topological polar surface area (TPSA) is 55.4 Å². The molecule has 0 amide bonds. The van der Waals surface area contributed by atoms with E-state index in [2.05, 4.69) is 13.2 Å². The fourth-order valence-corrected chi connectivity index (χ4v) is 5.60. The third kappa shape index (κ3) is 8.22. The second-order valence-electron chi connectivity index (χ2n) is 8.87. The van der Waals surface area contributed by atoms with E-state index in [1.807, 2.05) is 79.8 Å². The number of hydrogen-bond donors (Lipinski definition) is 0. The lowest BCUT2D eigenvalue weighted by atomic mass is 9.98. The lowest BCUT2D eigenvalue weighted by molar-refractivity contribution is -0.300. The standard InChI is InChI=1S/C28H38O6Si/c1-6-8-19-32-35(4,5)34-25-24(7-2)33-28(29-3)27(31-21-23-17-13-10-14-18-23)26(25)30-20-22-15-11-9-12-16-22/h6-7,9-18,24-28H,1-2,8,19-21H2,3-5H3/t24-,25-,26+,27-,28+/m1/s1. The molecular formula is C28H38O6Si. The van der Waals surface area contributed by atoms with Gasteiger partial charge in [0, 0.05) is 13.7 Å². The Labute approximate surface area is 210 Å². The van der Waals surface area contributed by atoms with Crippen LogP contribution in [-0.4, -0.2) is 53.0 Å². The second-order valence-corrected chi connectivity index (χ2v) is 12.2. The number of benzene rings is 2. The summed E-state index contributed by atoms with van der Waals surface area (Å²) in [6.07, 6.45) is 1.75. The molecule has 2 aromatic carbocycles. The molecule has 0 unspecified atom stereocenters. The van der Waals surface area contributed by atoms with Crippen molar-refractivity contribution in [2.24, 2.45) is 0 Å². The molecule has 0 N–H and O–H groups in total. The van der Waals surface area contributed by atoms with E-state index >= 15 is 0 Å². The Morgan fingerprint density at radius 1 is 0.857 bits per heavy atom. The van der Waals surface area contributed by atoms with Crippen LogP contribution >= 0.6 is 0 Å². The third-order valence-corrected chi connectivity index (χ3v) is 7.50. The van der Waals surface area contributed by atoms with E-state index in [9.17, 15) is 0 Å². The molecule has 2 aromatic rings. The molecule has 1 aliphatic rings. The van der Waals surface area contributed by atoms with Crippen LogP contribution in [0.2, 0.25) is 13.1 Å². The molecule has 1 heterocycles. The van der Waals surface area contributed by atoms with Gasteiger partial charge in [0.1, 0.15) is 24.4 Å². The smallest absolute Gasteiger partial charge is 0.332 e. The van der Waals surface area contributed by atoms with E-state index in [1.54, 1.807) is 13.2 Å². The van der Waals surface area contributed by atoms with Gasteiger partial charge in [-0.25, -0.2) is 0 Å². The van der Waals surface area contributed by atoms with Crippen LogP contribution in [0.1, 0.15) is 17.5 Å². The normalized spacial score (nSPS) is 24.7. The second kappa shape index (κ2) is 13.8. The Morgan fingerprint density at radius 2 is 1.43 bits per heavy atom. The minimum Gasteiger partial charge on any atom is -0.394 e. The number of methoxy groups -OCH3 is 1. The maximum absolute atomic E-state index is 6.63. The molecule has 6 nitrogen and oxygen atoms in total. The van der Waals surface area contributed by atoms with Gasteiger partial charge in [0.05, 0.1) is 13.2 Å². The van der Waals surface area contributed by atoms with E-state index in [0.717, 1.165) is 17.5 Å². The highest BCUT2D eigenvalue weighted by molar-refractivity contribution is 6.64. The molecule has 7 heteroatoms. The van der Waals surface area contributed by atoms with Crippen LogP contribution in [-0.2, 0) is 41.0 Å². The number of ether oxygens (including phenoxy) is 4. The third-order valence-electron chi connectivity index (χ3n) is 5.76. The van der Waals surface area contributed by atoms with E-state index in [0.29, 0.717) is 19.8 Å². The summed E-state index contributed by atoms with van der Waals surface area (Å²) in [5.74, 6) is 0. The molecule has 1 saturated heterocycles. The summed E-state index contributed by atoms with van der Waals surface area (Å²) in [6.45, 7) is 13.1. The van der Waals surface area contributed by atoms with Gasteiger partial charge in [-0.3, -0.25) is 0 Å². The van der Waals surface area contributed by atoms with Crippen molar-refractivity contribution < 1.29 is 27.8 Å². The number of hydrogen-bond acceptors (Lipinski definition) is 6. The van der Waals surface area contributed by atoms with Crippen molar-refractivity contribution in [1.29, 1.82) is 0 Å². The summed E-state index contributed by atoms with van der Waals surface area (Å²) in [5, 5.41) is 0. The van der Waals surface area contributed by atoms with Crippen molar-refractivity contribution in [3.05, 3.63) is 97.1 Å². The van der Waals surface area contributed by atoms with Crippen molar-refractivity contribution in [2.45, 2.75) is 63.4 Å². The van der Waals surface area contributed by atoms with Gasteiger partial charge in [-0.1, -0.05) is 72.8 Å². The molecule has 1 aliphatic heterocycles. The molecule has 3 rings (SSSR count). The van der Waals surface area contributed by atoms with E-state index < -0.39 is 39.3 Å². The van der Waals surface area contributed by atoms with Gasteiger partial charge in [0.25, 0.3) is 0 Å². The van der Waals surface area contributed by atoms with E-state index in [4.69, 9.17) is 27.8 Å². The summed E-state index contributed by atoms with van der Waals surface area (Å²) in [7, 11) is -0.929. The lowest BCUT2D eigenvalue weighted by Crippen LogP contribution is -2.62. The van der Waals surface area contributed by atoms with Crippen LogP contribution in [0.3, 0.4) is 0 Å². The van der Waals surface area contributed by atoms with Crippen LogP contribution in [0.25, 0.3) is 0 Å². The van der Waals surface area contributed by atoms with Crippen molar-refractivity contribution in [3.63, 3.8) is 0 Å². The monoisotopic (exact) mass is 498 g/mol. The molecule has 0 radical (unpaired) electrons. The van der Waals surface area contributed by atoms with Crippen LogP contribution < -0.4 is 0 Å². The first kappa shape index (κ1) is 27.5. The first-order chi connectivity index (χ1) is 17.0. The predicted octanol–water partition coefficient (Wildman–Crippen LogP) is 5.39. The summed E-state index contributed by atoms with van der Waals surface area (Å²) in [6, 6.07) is 20.0. The van der Waals surface area contributed by atoms with E-state index in [-0.39, 0.29) is 0 Å². The van der Waals surface area contributed by atoms with Gasteiger partial charge < -0.3 is 27.8 Å². The molecule has 0 saturated carbocycles. The van der Waals surface area contributed by atoms with Crippen molar-refractivity contribution in [3.8, 4) is 0 Å². The first-order valence-electron chi connectivity index (χ1n) is 12.0. The Kier molecular flexibility index (Phi) is 10.9. The Balaban J connectivity index is 1.86. The predicted molar refractivity (Wildman–Crippen MR) is 139 cm³/mol. The summed E-state index contributed by atoms with van der Waals surface area (Å²) in [5.41, 5.74) is 2.11. The quantitative estimate of drug-likeness (QED) is 0.198. The maximum Gasteiger partial charge on any atom is 0.332 e. The van der Waals surface area contributed by atoms with Gasteiger partial charge in [0.2, 0.25) is 0 Å². The first-order valence-corrected chi connectivity index (χ1v) is 14.8. The Bertz CT molecular complexity index is 891. The largest absolute Gasteiger partial charge is 0.394 e. The van der Waals surface area contributed by atoms with Gasteiger partial charge in [-0.05, 0) is 30.6 Å². The summed E-state index contributed by atoms with van der Waals surface area (Å²) >= 11 is 0. The van der Waals surface area contributed by atoms with Crippen LogP contribution in [0.4, 0.5) is 0 Å². The van der Waals surface area contributed by atoms with Gasteiger partial charge in [0.15, 0.2) is 6.29 Å². The molecule has 0 aliphatic carbocycles. The fraction of sp³-hybridized carbons (Fsp3) is 0.429. The summed E-state index contributed by atoms with van der Waals surface area (Å²) in [4.78, 5) is 0. The average Bonchev–Trinajstić information content (AvgIpc) is 2.87. The molecule has 0 spiro atoms. The Morgan fingerprint density at radius 3 is 1.94 bits per heavy atom. The van der Waals surface area contributed by atoms with Gasteiger partial charge in [-0.2, -0.15) is 0 Å². The minimum atomic E-state index is -2.54. The molecule has 0 bridgehead atoms. The molecular weight excluding hydrogens is 460 g/mol. The number of rotatable bonds is 14. The minimum absolute atomic E-state index is 0.391. The molecule has 35 heavy (non-hydrogen) atoms. The van der Waals surface area contributed by atoms with E-state index in [1.165, 1.54) is 0 Å². The zero-order valence-electron chi connectivity index (χ0n) is 21.0. The van der Waals surface area contributed by atoms with Crippen LogP contribution in [0.5, 0.6) is 0 Å². The highest BCUT2D eigenvalue weighted by Crippen LogP contribution is 2.32. The molecule has 190 valence electrons. The SMILES string of the molecule is C=CCCO[Si](C)(C)O[C@H]1[C@H](OCc2ccccc2)[C@@H](OCc2ccccc2)[C@@H](OC)O[C@@H]1C=C. The van der Waals surface area contributed by atoms with Crippen molar-refractivity contribution in [1.82, 2.24) is 0 Å². The zero-order valence-corrected chi connectivity index (χ0v) is 22.0. The zero-order chi connectivity index (χ0) is 25.1. The van der Waals surface area contributed by atoms with Gasteiger partial charge in [-0.15, -0.1) is 13.2 Å². The summed E-state index contributed by atoms with van der Waals surface area (Å²) < 4.78 is 37.6. The lowest BCUT2D eigenvalue weighted by Gasteiger charge is -2.46. The highest BCUT2D eigenvalue weighted by atomic mass is 28.4. The van der Waals surface area contributed by atoms with Crippen molar-refractivity contribution >= 4 is 8.56 Å². The van der Waals surface area contributed by atoms with Crippen LogP contribution in [0.15, 0.2) is 86.0 Å². The average molecular weight is 499 g/mol. The van der Waals surface area contributed by atoms with Crippen LogP contribution in [0, 0.1) is 0 Å². The molecule has 5 atom stereocenters. The molecule has 0 aromatic heterocycles. The maximum atomic E-state index is 6.63. The highest BCUT2D eigenvalue weighted by Gasteiger charge is 2.49. The van der Waals surface area contributed by atoms with Crippen molar-refractivity contribution in [2.75, 3.05) is 13.7 Å². The van der Waals surface area contributed by atoms with Gasteiger partial charge >= 0.3 is 8.56 Å². The molecule has 1 fully saturated rings. The Hall–Kier alpha value is -2.10.